The molecule has 302 valence electrons. The molecule has 3 aliphatic heterocycles. The van der Waals surface area contributed by atoms with Crippen LogP contribution in [0, 0.1) is 17.3 Å². The topological polar surface area (TPSA) is 104 Å². The zero-order valence-electron chi connectivity index (χ0n) is 33.7. The average molecular weight is 772 g/mol. The molecule has 3 aromatic rings. The molecule has 2 N–H and O–H groups in total. The van der Waals surface area contributed by atoms with Gasteiger partial charge in [0.1, 0.15) is 5.82 Å². The lowest BCUT2D eigenvalue weighted by Gasteiger charge is -2.53. The SMILES string of the molecule is O=C(Nc1ccc(C(=O)N2CCC(C3CCCCC(C(=O)NC4CCCCCCC4)CCC3)=Cc3ccccc32)cc1)c1cccnc1N1CC2(CCOCC2)C1. The van der Waals surface area contributed by atoms with Gasteiger partial charge in [0.25, 0.3) is 11.8 Å². The van der Waals surface area contributed by atoms with Crippen LogP contribution in [0.15, 0.2) is 72.4 Å². The summed E-state index contributed by atoms with van der Waals surface area (Å²) in [6.07, 6.45) is 23.1. The van der Waals surface area contributed by atoms with Crippen molar-refractivity contribution in [1.29, 1.82) is 0 Å². The fourth-order valence-electron chi connectivity index (χ4n) is 10.2. The number of nitrogens with one attached hydrogen (secondary N) is 2. The minimum Gasteiger partial charge on any atom is -0.381 e. The third kappa shape index (κ3) is 9.46. The van der Waals surface area contributed by atoms with E-state index in [2.05, 4.69) is 44.8 Å². The summed E-state index contributed by atoms with van der Waals surface area (Å²) in [5.41, 5.74) is 5.47. The van der Waals surface area contributed by atoms with E-state index in [0.717, 1.165) is 115 Å². The molecule has 1 spiro atoms. The Bertz CT molecular complexity index is 1890. The highest BCUT2D eigenvalue weighted by Gasteiger charge is 2.45. The Labute approximate surface area is 339 Å². The highest BCUT2D eigenvalue weighted by atomic mass is 16.5. The molecule has 2 aliphatic carbocycles. The van der Waals surface area contributed by atoms with Gasteiger partial charge in [0.15, 0.2) is 0 Å². The molecule has 57 heavy (non-hydrogen) atoms. The number of amides is 3. The minimum atomic E-state index is -0.209. The summed E-state index contributed by atoms with van der Waals surface area (Å²) in [6, 6.07) is 19.5. The van der Waals surface area contributed by atoms with Crippen LogP contribution in [0.5, 0.6) is 0 Å². The number of benzene rings is 2. The van der Waals surface area contributed by atoms with Gasteiger partial charge in [-0.25, -0.2) is 4.98 Å². The quantitative estimate of drug-likeness (QED) is 0.248. The molecule has 2 saturated carbocycles. The van der Waals surface area contributed by atoms with Gasteiger partial charge in [0, 0.05) is 67.7 Å². The molecular weight excluding hydrogens is 711 g/mol. The van der Waals surface area contributed by atoms with Crippen molar-refractivity contribution >= 4 is 41.0 Å². The van der Waals surface area contributed by atoms with E-state index in [1.807, 2.05) is 41.3 Å². The Kier molecular flexibility index (Phi) is 12.7. The number of fused-ring (bicyclic) bond motifs is 1. The van der Waals surface area contributed by atoms with E-state index in [1.165, 1.54) is 37.7 Å². The van der Waals surface area contributed by atoms with Crippen LogP contribution in [0.2, 0.25) is 0 Å². The molecule has 2 atom stereocenters. The number of nitrogens with zero attached hydrogens (tertiary/aromatic N) is 3. The minimum absolute atomic E-state index is 0.0445. The van der Waals surface area contributed by atoms with Gasteiger partial charge in [-0.2, -0.15) is 0 Å². The first-order valence-electron chi connectivity index (χ1n) is 22.1. The summed E-state index contributed by atoms with van der Waals surface area (Å²) in [7, 11) is 0. The molecule has 2 aromatic carbocycles. The first-order chi connectivity index (χ1) is 27.9. The maximum atomic E-state index is 14.2. The Morgan fingerprint density at radius 2 is 1.46 bits per heavy atom. The number of carbonyl (C=O) groups is 3. The average Bonchev–Trinajstić information content (AvgIpc) is 3.31. The van der Waals surface area contributed by atoms with Gasteiger partial charge in [-0.15, -0.1) is 0 Å². The third-order valence-corrected chi connectivity index (χ3v) is 13.6. The maximum absolute atomic E-state index is 14.2. The lowest BCUT2D eigenvalue weighted by atomic mass is 9.73. The molecule has 0 bridgehead atoms. The van der Waals surface area contributed by atoms with Crippen LogP contribution in [0.4, 0.5) is 17.2 Å². The summed E-state index contributed by atoms with van der Waals surface area (Å²) in [6.45, 7) is 3.99. The molecule has 9 heteroatoms. The molecule has 4 fully saturated rings. The normalized spacial score (nSPS) is 23.2. The molecule has 2 unspecified atom stereocenters. The van der Waals surface area contributed by atoms with Gasteiger partial charge in [-0.05, 0) is 112 Å². The van der Waals surface area contributed by atoms with E-state index in [4.69, 9.17) is 4.74 Å². The predicted octanol–water partition coefficient (Wildman–Crippen LogP) is 9.59. The summed E-state index contributed by atoms with van der Waals surface area (Å²) in [4.78, 5) is 50.0. The third-order valence-electron chi connectivity index (χ3n) is 13.6. The molecule has 4 heterocycles. The number of rotatable bonds is 7. The summed E-state index contributed by atoms with van der Waals surface area (Å²) in [5.74, 6) is 1.33. The molecule has 3 amide bonds. The van der Waals surface area contributed by atoms with Gasteiger partial charge in [0.2, 0.25) is 5.91 Å². The molecule has 0 radical (unpaired) electrons. The summed E-state index contributed by atoms with van der Waals surface area (Å²) >= 11 is 0. The first kappa shape index (κ1) is 39.3. The van der Waals surface area contributed by atoms with E-state index in [0.29, 0.717) is 47.0 Å². The van der Waals surface area contributed by atoms with Crippen LogP contribution in [0.25, 0.3) is 6.08 Å². The number of carbonyl (C=O) groups excluding carboxylic acids is 3. The van der Waals surface area contributed by atoms with Crippen LogP contribution in [-0.4, -0.2) is 61.6 Å². The van der Waals surface area contributed by atoms with Crippen LogP contribution in [0.1, 0.15) is 135 Å². The highest BCUT2D eigenvalue weighted by Crippen LogP contribution is 2.42. The zero-order valence-corrected chi connectivity index (χ0v) is 33.7. The van der Waals surface area contributed by atoms with Crippen molar-refractivity contribution in [3.05, 3.63) is 89.1 Å². The maximum Gasteiger partial charge on any atom is 0.259 e. The van der Waals surface area contributed by atoms with Crippen molar-refractivity contribution in [3.8, 4) is 0 Å². The van der Waals surface area contributed by atoms with Gasteiger partial charge in [0.05, 0.1) is 11.3 Å². The molecular formula is C48H61N5O4. The second-order valence-corrected chi connectivity index (χ2v) is 17.5. The molecule has 9 nitrogen and oxygen atoms in total. The standard InChI is InChI=1S/C48H61N5O4/c54-45(50-40-17-4-2-1-3-5-18-40)36-13-7-6-12-35(15-10-16-36)38-25-29-53(43-20-9-8-14-39(43)32-38)47(56)37-21-23-41(24-22-37)51-46(55)42-19-11-28-49-44(42)52-33-48(34-52)26-30-57-31-27-48/h8-9,11,14,19-24,28,32,35-36,40H,1-7,10,12-13,15-18,25-27,29-31,33-34H2,(H,50,54)(H,51,55). The smallest absolute Gasteiger partial charge is 0.259 e. The van der Waals surface area contributed by atoms with Crippen molar-refractivity contribution in [3.63, 3.8) is 0 Å². The number of hydrogen-bond donors (Lipinski definition) is 2. The Hall–Kier alpha value is -4.50. The first-order valence-corrected chi connectivity index (χ1v) is 22.1. The van der Waals surface area contributed by atoms with Gasteiger partial charge < -0.3 is 25.2 Å². The highest BCUT2D eigenvalue weighted by molar-refractivity contribution is 6.09. The van der Waals surface area contributed by atoms with Crippen LogP contribution in [-0.2, 0) is 9.53 Å². The number of para-hydroxylation sites is 1. The Balaban J connectivity index is 0.881. The Morgan fingerprint density at radius 3 is 2.26 bits per heavy atom. The van der Waals surface area contributed by atoms with Gasteiger partial charge >= 0.3 is 0 Å². The van der Waals surface area contributed by atoms with E-state index >= 15 is 0 Å². The second-order valence-electron chi connectivity index (χ2n) is 17.5. The number of anilines is 3. The van der Waals surface area contributed by atoms with Crippen LogP contribution >= 0.6 is 0 Å². The summed E-state index contributed by atoms with van der Waals surface area (Å²) < 4.78 is 5.58. The van der Waals surface area contributed by atoms with E-state index in [9.17, 15) is 14.4 Å². The van der Waals surface area contributed by atoms with E-state index < -0.39 is 0 Å². The fourth-order valence-corrected chi connectivity index (χ4v) is 10.2. The molecule has 1 aromatic heterocycles. The van der Waals surface area contributed by atoms with Crippen molar-refractivity contribution in [2.45, 2.75) is 115 Å². The molecule has 2 saturated heterocycles. The second kappa shape index (κ2) is 18.4. The largest absolute Gasteiger partial charge is 0.381 e. The lowest BCUT2D eigenvalue weighted by Crippen LogP contribution is -2.59. The number of pyridine rings is 1. The monoisotopic (exact) mass is 771 g/mol. The van der Waals surface area contributed by atoms with Gasteiger partial charge in [-0.1, -0.05) is 81.2 Å². The predicted molar refractivity (Wildman–Crippen MR) is 228 cm³/mol. The van der Waals surface area contributed by atoms with E-state index in [1.54, 1.807) is 12.3 Å². The van der Waals surface area contributed by atoms with Crippen molar-refractivity contribution in [1.82, 2.24) is 10.3 Å². The number of ether oxygens (including phenoxy) is 1. The van der Waals surface area contributed by atoms with Crippen molar-refractivity contribution < 1.29 is 19.1 Å². The number of hydrogen-bond acceptors (Lipinski definition) is 6. The zero-order chi connectivity index (χ0) is 39.0. The van der Waals surface area contributed by atoms with Crippen LogP contribution < -0.4 is 20.4 Å². The summed E-state index contributed by atoms with van der Waals surface area (Å²) in [5, 5.41) is 6.52. The van der Waals surface area contributed by atoms with Crippen LogP contribution in [0.3, 0.4) is 0 Å². The molecule has 8 rings (SSSR count). The van der Waals surface area contributed by atoms with Crippen molar-refractivity contribution in [2.75, 3.05) is 48.0 Å². The number of aromatic nitrogens is 1. The Morgan fingerprint density at radius 1 is 0.754 bits per heavy atom. The van der Waals surface area contributed by atoms with E-state index in [-0.39, 0.29) is 23.1 Å². The lowest BCUT2D eigenvalue weighted by molar-refractivity contribution is -0.126. The molecule has 5 aliphatic rings. The fraction of sp³-hybridized carbons (Fsp3) is 0.542. The van der Waals surface area contributed by atoms with Gasteiger partial charge in [-0.3, -0.25) is 14.4 Å². The van der Waals surface area contributed by atoms with Crippen molar-refractivity contribution in [2.24, 2.45) is 17.3 Å².